The Bertz CT molecular complexity index is 969. The first-order chi connectivity index (χ1) is 12.4. The van der Waals surface area contributed by atoms with Crippen molar-refractivity contribution in [1.29, 1.82) is 0 Å². The second-order valence-corrected chi connectivity index (χ2v) is 9.02. The predicted molar refractivity (Wildman–Crippen MR) is 102 cm³/mol. The van der Waals surface area contributed by atoms with Gasteiger partial charge in [0, 0.05) is 18.2 Å². The van der Waals surface area contributed by atoms with E-state index in [0.29, 0.717) is 24.2 Å². The Labute approximate surface area is 154 Å². The SMILES string of the molecule is CS(=O)(=O)N1CCc2cc(C(=O)NC3CCc4ccccc4C3)ccc21. The summed E-state index contributed by atoms with van der Waals surface area (Å²) in [6.07, 6.45) is 4.63. The van der Waals surface area contributed by atoms with Gasteiger partial charge < -0.3 is 5.32 Å². The van der Waals surface area contributed by atoms with Crippen LogP contribution in [0.5, 0.6) is 0 Å². The van der Waals surface area contributed by atoms with Crippen LogP contribution in [0.1, 0.15) is 33.5 Å². The van der Waals surface area contributed by atoms with Crippen LogP contribution in [-0.2, 0) is 29.3 Å². The molecule has 1 heterocycles. The molecule has 6 heteroatoms. The third kappa shape index (κ3) is 3.21. The van der Waals surface area contributed by atoms with Gasteiger partial charge >= 0.3 is 0 Å². The van der Waals surface area contributed by atoms with Crippen LogP contribution in [-0.4, -0.2) is 33.2 Å². The van der Waals surface area contributed by atoms with E-state index >= 15 is 0 Å². The number of amides is 1. The Morgan fingerprint density at radius 2 is 1.85 bits per heavy atom. The van der Waals surface area contributed by atoms with E-state index in [1.807, 2.05) is 12.1 Å². The average molecular weight is 370 g/mol. The molecule has 26 heavy (non-hydrogen) atoms. The molecule has 0 bridgehead atoms. The van der Waals surface area contributed by atoms with Crippen molar-refractivity contribution in [2.24, 2.45) is 0 Å². The molecule has 1 aliphatic heterocycles. The van der Waals surface area contributed by atoms with Gasteiger partial charge in [-0.15, -0.1) is 0 Å². The number of fused-ring (bicyclic) bond motifs is 2. The molecule has 2 aliphatic rings. The van der Waals surface area contributed by atoms with E-state index in [1.54, 1.807) is 12.1 Å². The van der Waals surface area contributed by atoms with Crippen molar-refractivity contribution in [3.8, 4) is 0 Å². The average Bonchev–Trinajstić information content (AvgIpc) is 3.05. The smallest absolute Gasteiger partial charge is 0.251 e. The van der Waals surface area contributed by atoms with Crippen LogP contribution in [0.15, 0.2) is 42.5 Å². The minimum Gasteiger partial charge on any atom is -0.349 e. The van der Waals surface area contributed by atoms with Gasteiger partial charge in [0.2, 0.25) is 10.0 Å². The number of nitrogens with one attached hydrogen (secondary N) is 1. The lowest BCUT2D eigenvalue weighted by Crippen LogP contribution is -2.38. The number of carbonyl (C=O) groups is 1. The molecule has 136 valence electrons. The molecular formula is C20H22N2O3S. The lowest BCUT2D eigenvalue weighted by Gasteiger charge is -2.25. The van der Waals surface area contributed by atoms with Crippen LogP contribution >= 0.6 is 0 Å². The molecular weight excluding hydrogens is 348 g/mol. The monoisotopic (exact) mass is 370 g/mol. The molecule has 0 saturated carbocycles. The zero-order chi connectivity index (χ0) is 18.3. The van der Waals surface area contributed by atoms with Gasteiger partial charge in [0.15, 0.2) is 0 Å². The van der Waals surface area contributed by atoms with Crippen molar-refractivity contribution in [1.82, 2.24) is 5.32 Å². The summed E-state index contributed by atoms with van der Waals surface area (Å²) in [6.45, 7) is 0.443. The van der Waals surface area contributed by atoms with Crippen LogP contribution < -0.4 is 9.62 Å². The fraction of sp³-hybridized carbons (Fsp3) is 0.350. The Morgan fingerprint density at radius 3 is 2.62 bits per heavy atom. The highest BCUT2D eigenvalue weighted by Crippen LogP contribution is 2.31. The summed E-state index contributed by atoms with van der Waals surface area (Å²) in [5, 5.41) is 3.14. The lowest BCUT2D eigenvalue weighted by molar-refractivity contribution is 0.0933. The molecule has 1 N–H and O–H groups in total. The summed E-state index contributed by atoms with van der Waals surface area (Å²) in [5.41, 5.74) is 4.88. The van der Waals surface area contributed by atoms with Gasteiger partial charge in [-0.25, -0.2) is 8.42 Å². The molecule has 0 radical (unpaired) electrons. The summed E-state index contributed by atoms with van der Waals surface area (Å²) in [4.78, 5) is 12.7. The van der Waals surface area contributed by atoms with E-state index in [4.69, 9.17) is 0 Å². The van der Waals surface area contributed by atoms with E-state index in [2.05, 4.69) is 23.5 Å². The van der Waals surface area contributed by atoms with E-state index in [9.17, 15) is 13.2 Å². The van der Waals surface area contributed by atoms with Gasteiger partial charge in [0.1, 0.15) is 0 Å². The van der Waals surface area contributed by atoms with Crippen molar-refractivity contribution in [3.63, 3.8) is 0 Å². The molecule has 4 rings (SSSR count). The van der Waals surface area contributed by atoms with Gasteiger partial charge in [-0.3, -0.25) is 9.10 Å². The number of carbonyl (C=O) groups excluding carboxylic acids is 1. The summed E-state index contributed by atoms with van der Waals surface area (Å²) < 4.78 is 25.1. The van der Waals surface area contributed by atoms with Crippen LogP contribution in [0, 0.1) is 0 Å². The van der Waals surface area contributed by atoms with Crippen molar-refractivity contribution < 1.29 is 13.2 Å². The molecule has 1 aliphatic carbocycles. The molecule has 5 nitrogen and oxygen atoms in total. The number of rotatable bonds is 3. The quantitative estimate of drug-likeness (QED) is 0.902. The van der Waals surface area contributed by atoms with Crippen molar-refractivity contribution in [2.45, 2.75) is 31.7 Å². The van der Waals surface area contributed by atoms with E-state index < -0.39 is 10.0 Å². The first-order valence-corrected chi connectivity index (χ1v) is 10.7. The Hall–Kier alpha value is -2.34. The minimum absolute atomic E-state index is 0.0880. The number of benzene rings is 2. The fourth-order valence-corrected chi connectivity index (χ4v) is 4.91. The van der Waals surface area contributed by atoms with Gasteiger partial charge in [-0.05, 0) is 60.6 Å². The van der Waals surface area contributed by atoms with Crippen molar-refractivity contribution in [3.05, 3.63) is 64.7 Å². The number of hydrogen-bond donors (Lipinski definition) is 1. The van der Waals surface area contributed by atoms with E-state index in [-0.39, 0.29) is 11.9 Å². The van der Waals surface area contributed by atoms with Crippen LogP contribution in [0.4, 0.5) is 5.69 Å². The second kappa shape index (κ2) is 6.43. The van der Waals surface area contributed by atoms with Crippen LogP contribution in [0.3, 0.4) is 0 Å². The largest absolute Gasteiger partial charge is 0.349 e. The maximum atomic E-state index is 12.7. The second-order valence-electron chi connectivity index (χ2n) is 7.11. The zero-order valence-electron chi connectivity index (χ0n) is 14.7. The lowest BCUT2D eigenvalue weighted by atomic mass is 9.88. The number of anilines is 1. The topological polar surface area (TPSA) is 66.5 Å². The van der Waals surface area contributed by atoms with Crippen molar-refractivity contribution in [2.75, 3.05) is 17.1 Å². The third-order valence-electron chi connectivity index (χ3n) is 5.28. The molecule has 1 atom stereocenters. The van der Waals surface area contributed by atoms with Crippen LogP contribution in [0.25, 0.3) is 0 Å². The molecule has 2 aromatic rings. The standard InChI is InChI=1S/C20H22N2O3S/c1-26(24,25)22-11-10-16-12-17(7-9-19(16)22)20(23)21-18-8-6-14-4-2-3-5-15(14)13-18/h2-5,7,9,12,18H,6,8,10-11,13H2,1H3,(H,21,23). The normalized spacial score (nSPS) is 19.0. The Morgan fingerprint density at radius 1 is 1.08 bits per heavy atom. The highest BCUT2D eigenvalue weighted by atomic mass is 32.2. The summed E-state index contributed by atoms with van der Waals surface area (Å²) >= 11 is 0. The van der Waals surface area contributed by atoms with E-state index in [0.717, 1.165) is 24.8 Å². The molecule has 2 aromatic carbocycles. The first kappa shape index (κ1) is 17.1. The maximum absolute atomic E-state index is 12.7. The summed E-state index contributed by atoms with van der Waals surface area (Å²) in [6, 6.07) is 13.8. The van der Waals surface area contributed by atoms with Crippen molar-refractivity contribution >= 4 is 21.6 Å². The third-order valence-corrected chi connectivity index (χ3v) is 6.46. The number of aryl methyl sites for hydroxylation is 1. The number of sulfonamides is 1. The highest BCUT2D eigenvalue weighted by molar-refractivity contribution is 7.92. The van der Waals surface area contributed by atoms with Gasteiger partial charge in [-0.2, -0.15) is 0 Å². The molecule has 0 saturated heterocycles. The number of hydrogen-bond acceptors (Lipinski definition) is 3. The molecule has 0 fully saturated rings. The van der Waals surface area contributed by atoms with E-state index in [1.165, 1.54) is 21.7 Å². The number of nitrogens with zero attached hydrogens (tertiary/aromatic N) is 1. The predicted octanol–water partition coefficient (Wildman–Crippen LogP) is 2.30. The molecule has 1 unspecified atom stereocenters. The fourth-order valence-electron chi connectivity index (χ4n) is 3.95. The highest BCUT2D eigenvalue weighted by Gasteiger charge is 2.27. The molecule has 0 aromatic heterocycles. The van der Waals surface area contributed by atoms with Gasteiger partial charge in [0.25, 0.3) is 5.91 Å². The Kier molecular flexibility index (Phi) is 4.23. The Balaban J connectivity index is 1.48. The summed E-state index contributed by atoms with van der Waals surface area (Å²) in [5.74, 6) is -0.0880. The maximum Gasteiger partial charge on any atom is 0.251 e. The summed E-state index contributed by atoms with van der Waals surface area (Å²) in [7, 11) is -3.27. The minimum atomic E-state index is -3.27. The molecule has 1 amide bonds. The first-order valence-electron chi connectivity index (χ1n) is 8.90. The molecule has 0 spiro atoms. The van der Waals surface area contributed by atoms with Crippen LogP contribution in [0.2, 0.25) is 0 Å². The van der Waals surface area contributed by atoms with Gasteiger partial charge in [-0.1, -0.05) is 24.3 Å². The zero-order valence-corrected chi connectivity index (χ0v) is 15.6. The van der Waals surface area contributed by atoms with Gasteiger partial charge in [0.05, 0.1) is 11.9 Å².